The average Bonchev–Trinajstić information content (AvgIpc) is 2.78. The quantitative estimate of drug-likeness (QED) is 0.803. The van der Waals surface area contributed by atoms with Gasteiger partial charge in [-0.3, -0.25) is 0 Å². The monoisotopic (exact) mass is 206 g/mol. The highest BCUT2D eigenvalue weighted by Gasteiger charge is 2.21. The van der Waals surface area contributed by atoms with Gasteiger partial charge < -0.3 is 14.4 Å². The van der Waals surface area contributed by atoms with Crippen molar-refractivity contribution in [2.75, 3.05) is 0 Å². The summed E-state index contributed by atoms with van der Waals surface area (Å²) in [5, 5.41) is 10.9. The first kappa shape index (κ1) is 8.60. The molecule has 1 N–H and O–H groups in total. The summed E-state index contributed by atoms with van der Waals surface area (Å²) >= 11 is 0. The fraction of sp³-hybridized carbons (Fsp3) is 0.444. The second-order valence-corrected chi connectivity index (χ2v) is 3.56. The standard InChI is InChI=1S/C9H10N4O2/c1-2-6(1)10-5-8-11-9(15-13-8)7-3-4-14-12-7/h3-4,6,10H,1-2,5H2. The maximum atomic E-state index is 5.04. The predicted molar refractivity (Wildman–Crippen MR) is 49.7 cm³/mol. The van der Waals surface area contributed by atoms with Gasteiger partial charge in [0.15, 0.2) is 11.5 Å². The van der Waals surface area contributed by atoms with Gasteiger partial charge in [-0.2, -0.15) is 4.98 Å². The summed E-state index contributed by atoms with van der Waals surface area (Å²) in [6, 6.07) is 2.32. The molecule has 1 fully saturated rings. The van der Waals surface area contributed by atoms with Gasteiger partial charge in [0, 0.05) is 12.1 Å². The van der Waals surface area contributed by atoms with Crippen molar-refractivity contribution in [1.82, 2.24) is 20.6 Å². The predicted octanol–water partition coefficient (Wildman–Crippen LogP) is 0.977. The van der Waals surface area contributed by atoms with Gasteiger partial charge >= 0.3 is 0 Å². The molecular weight excluding hydrogens is 196 g/mol. The lowest BCUT2D eigenvalue weighted by atomic mass is 10.4. The summed E-state index contributed by atoms with van der Waals surface area (Å²) in [4.78, 5) is 4.19. The van der Waals surface area contributed by atoms with Gasteiger partial charge in [-0.25, -0.2) is 0 Å². The minimum atomic E-state index is 0.399. The third kappa shape index (κ3) is 1.89. The largest absolute Gasteiger partial charge is 0.364 e. The summed E-state index contributed by atoms with van der Waals surface area (Å²) < 4.78 is 9.73. The van der Waals surface area contributed by atoms with E-state index in [2.05, 4.69) is 20.6 Å². The molecule has 1 aliphatic carbocycles. The molecule has 0 bridgehead atoms. The zero-order valence-electron chi connectivity index (χ0n) is 8.01. The second-order valence-electron chi connectivity index (χ2n) is 3.56. The smallest absolute Gasteiger partial charge is 0.280 e. The van der Waals surface area contributed by atoms with Crippen LogP contribution in [-0.4, -0.2) is 21.3 Å². The lowest BCUT2D eigenvalue weighted by Gasteiger charge is -1.94. The van der Waals surface area contributed by atoms with Crippen molar-refractivity contribution >= 4 is 0 Å². The van der Waals surface area contributed by atoms with Crippen molar-refractivity contribution < 1.29 is 9.05 Å². The van der Waals surface area contributed by atoms with Gasteiger partial charge in [-0.05, 0) is 12.8 Å². The Morgan fingerprint density at radius 1 is 1.40 bits per heavy atom. The Labute approximate surface area is 85.6 Å². The highest BCUT2D eigenvalue weighted by atomic mass is 16.5. The first-order valence-electron chi connectivity index (χ1n) is 4.88. The van der Waals surface area contributed by atoms with E-state index in [1.54, 1.807) is 6.07 Å². The van der Waals surface area contributed by atoms with Crippen LogP contribution in [0, 0.1) is 0 Å². The van der Waals surface area contributed by atoms with Gasteiger partial charge in [-0.1, -0.05) is 10.3 Å². The van der Waals surface area contributed by atoms with Gasteiger partial charge in [0.1, 0.15) is 6.26 Å². The Bertz CT molecular complexity index is 433. The van der Waals surface area contributed by atoms with E-state index in [-0.39, 0.29) is 0 Å². The second kappa shape index (κ2) is 3.47. The molecule has 1 saturated carbocycles. The summed E-state index contributed by atoms with van der Waals surface area (Å²) in [7, 11) is 0. The molecule has 0 unspecified atom stereocenters. The van der Waals surface area contributed by atoms with E-state index in [9.17, 15) is 0 Å². The third-order valence-electron chi connectivity index (χ3n) is 2.25. The molecule has 15 heavy (non-hydrogen) atoms. The minimum Gasteiger partial charge on any atom is -0.364 e. The molecule has 2 heterocycles. The maximum Gasteiger partial charge on any atom is 0.280 e. The molecule has 1 aliphatic rings. The van der Waals surface area contributed by atoms with E-state index in [1.807, 2.05) is 0 Å². The maximum absolute atomic E-state index is 5.04. The highest BCUT2D eigenvalue weighted by molar-refractivity contribution is 5.43. The van der Waals surface area contributed by atoms with Crippen LogP contribution in [-0.2, 0) is 6.54 Å². The van der Waals surface area contributed by atoms with Crippen molar-refractivity contribution in [1.29, 1.82) is 0 Å². The summed E-state index contributed by atoms with van der Waals surface area (Å²) in [5.74, 6) is 1.05. The van der Waals surface area contributed by atoms with Crippen molar-refractivity contribution in [2.24, 2.45) is 0 Å². The molecule has 78 valence electrons. The average molecular weight is 206 g/mol. The van der Waals surface area contributed by atoms with Crippen LogP contribution in [0.2, 0.25) is 0 Å². The van der Waals surface area contributed by atoms with Crippen LogP contribution in [0.4, 0.5) is 0 Å². The molecule has 0 amide bonds. The number of hydrogen-bond acceptors (Lipinski definition) is 6. The molecule has 0 saturated heterocycles. The first-order valence-corrected chi connectivity index (χ1v) is 4.88. The highest BCUT2D eigenvalue weighted by Crippen LogP contribution is 2.19. The first-order chi connectivity index (χ1) is 7.42. The van der Waals surface area contributed by atoms with E-state index in [1.165, 1.54) is 19.1 Å². The lowest BCUT2D eigenvalue weighted by Crippen LogP contribution is -2.16. The fourth-order valence-electron chi connectivity index (χ4n) is 1.28. The van der Waals surface area contributed by atoms with Gasteiger partial charge in [0.2, 0.25) is 0 Å². The zero-order chi connectivity index (χ0) is 10.1. The van der Waals surface area contributed by atoms with E-state index < -0.39 is 0 Å². The van der Waals surface area contributed by atoms with Crippen molar-refractivity contribution in [2.45, 2.75) is 25.4 Å². The van der Waals surface area contributed by atoms with E-state index in [0.29, 0.717) is 30.0 Å². The van der Waals surface area contributed by atoms with Crippen LogP contribution in [0.15, 0.2) is 21.4 Å². The van der Waals surface area contributed by atoms with Crippen molar-refractivity contribution in [3.8, 4) is 11.6 Å². The van der Waals surface area contributed by atoms with Crippen LogP contribution < -0.4 is 5.32 Å². The number of hydrogen-bond donors (Lipinski definition) is 1. The van der Waals surface area contributed by atoms with E-state index in [0.717, 1.165) is 0 Å². The van der Waals surface area contributed by atoms with E-state index in [4.69, 9.17) is 9.05 Å². The number of nitrogens with zero attached hydrogens (tertiary/aromatic N) is 3. The molecule has 6 heteroatoms. The molecule has 6 nitrogen and oxygen atoms in total. The summed E-state index contributed by atoms with van der Waals surface area (Å²) in [5.41, 5.74) is 0.570. The van der Waals surface area contributed by atoms with Gasteiger partial charge in [0.25, 0.3) is 5.89 Å². The number of rotatable bonds is 4. The van der Waals surface area contributed by atoms with Crippen molar-refractivity contribution in [3.05, 3.63) is 18.2 Å². The normalized spacial score (nSPS) is 15.7. The number of nitrogens with one attached hydrogen (secondary N) is 1. The SMILES string of the molecule is c1cc(-c2nc(CNC3CC3)no2)no1. The van der Waals surface area contributed by atoms with Gasteiger partial charge in [-0.15, -0.1) is 0 Å². The van der Waals surface area contributed by atoms with Crippen LogP contribution in [0.25, 0.3) is 11.6 Å². The van der Waals surface area contributed by atoms with Crippen LogP contribution >= 0.6 is 0 Å². The van der Waals surface area contributed by atoms with E-state index >= 15 is 0 Å². The van der Waals surface area contributed by atoms with Crippen LogP contribution in [0.5, 0.6) is 0 Å². The summed E-state index contributed by atoms with van der Waals surface area (Å²) in [6.45, 7) is 0.645. The molecule has 3 rings (SSSR count). The third-order valence-corrected chi connectivity index (χ3v) is 2.25. The lowest BCUT2D eigenvalue weighted by molar-refractivity contribution is 0.400. The molecule has 2 aromatic heterocycles. The molecule has 0 atom stereocenters. The van der Waals surface area contributed by atoms with Gasteiger partial charge in [0.05, 0.1) is 6.54 Å². The molecule has 2 aromatic rings. The van der Waals surface area contributed by atoms with Crippen LogP contribution in [0.3, 0.4) is 0 Å². The molecular formula is C9H10N4O2. The molecule has 0 spiro atoms. The van der Waals surface area contributed by atoms with Crippen molar-refractivity contribution in [3.63, 3.8) is 0 Å². The topological polar surface area (TPSA) is 77.0 Å². The Balaban J connectivity index is 1.69. The zero-order valence-corrected chi connectivity index (χ0v) is 8.01. The molecule has 0 aromatic carbocycles. The number of aromatic nitrogens is 3. The summed E-state index contributed by atoms with van der Waals surface area (Å²) in [6.07, 6.45) is 3.96. The Morgan fingerprint density at radius 2 is 2.33 bits per heavy atom. The Hall–Kier alpha value is -1.69. The Kier molecular flexibility index (Phi) is 1.99. The molecule has 0 aliphatic heterocycles. The fourth-order valence-corrected chi connectivity index (χ4v) is 1.28. The molecule has 0 radical (unpaired) electrons. The van der Waals surface area contributed by atoms with Crippen LogP contribution in [0.1, 0.15) is 18.7 Å². The Morgan fingerprint density at radius 3 is 3.07 bits per heavy atom. The minimum absolute atomic E-state index is 0.399.